The Morgan fingerprint density at radius 3 is 2.62 bits per heavy atom. The number of rotatable bonds is 4. The highest BCUT2D eigenvalue weighted by molar-refractivity contribution is 5.86. The number of anilines is 2. The van der Waals surface area contributed by atoms with Gasteiger partial charge < -0.3 is 26.2 Å². The molecule has 2 atom stereocenters. The van der Waals surface area contributed by atoms with Gasteiger partial charge in [-0.25, -0.2) is 19.3 Å². The minimum atomic E-state index is -1.50. The van der Waals surface area contributed by atoms with Gasteiger partial charge in [0, 0.05) is 17.6 Å². The van der Waals surface area contributed by atoms with E-state index >= 15 is 0 Å². The molecule has 2 unspecified atom stereocenters. The fraction of sp³-hybridized carbons (Fsp3) is 0.400. The van der Waals surface area contributed by atoms with Crippen LogP contribution in [-0.2, 0) is 6.42 Å². The molecule has 0 bridgehead atoms. The highest BCUT2D eigenvalue weighted by Crippen LogP contribution is 2.39. The summed E-state index contributed by atoms with van der Waals surface area (Å²) in [5.74, 6) is -0.809. The molecular weight excluding hydrogens is 435 g/mol. The third-order valence-corrected chi connectivity index (χ3v) is 6.15. The molecule has 3 heterocycles. The van der Waals surface area contributed by atoms with E-state index in [9.17, 15) is 4.39 Å². The third-order valence-electron chi connectivity index (χ3n) is 6.15. The number of aryl methyl sites for hydroxylation is 1. The lowest BCUT2D eigenvalue weighted by Gasteiger charge is -2.14. The lowest BCUT2D eigenvalue weighted by molar-refractivity contribution is -0.127. The molecule has 3 aromatic heterocycles. The van der Waals surface area contributed by atoms with Crippen LogP contribution in [0.3, 0.4) is 0 Å². The molecule has 0 saturated heterocycles. The number of fused-ring (bicyclic) bond motifs is 2. The second-order valence-electron chi connectivity index (χ2n) is 9.47. The molecule has 0 amide bonds. The van der Waals surface area contributed by atoms with Gasteiger partial charge in [0.05, 0.1) is 10.9 Å². The van der Waals surface area contributed by atoms with Gasteiger partial charge in [-0.2, -0.15) is 0 Å². The smallest absolute Gasteiger partial charge is 0.165 e. The van der Waals surface area contributed by atoms with Gasteiger partial charge in [0.25, 0.3) is 0 Å². The number of nitrogens with two attached hydrogens (primary N) is 2. The largest absolute Gasteiger partial charge is 0.383 e. The van der Waals surface area contributed by atoms with Crippen molar-refractivity contribution >= 4 is 33.6 Å². The summed E-state index contributed by atoms with van der Waals surface area (Å²) in [6, 6.07) is 9.91. The molecule has 5 rings (SSSR count). The lowest BCUT2D eigenvalue weighted by Crippen LogP contribution is -2.15. The predicted octanol–water partition coefficient (Wildman–Crippen LogP) is 3.96. The summed E-state index contributed by atoms with van der Waals surface area (Å²) >= 11 is 0. The first-order valence-electron chi connectivity index (χ1n) is 11.4. The van der Waals surface area contributed by atoms with Crippen molar-refractivity contribution in [1.29, 1.82) is 0 Å². The Morgan fingerprint density at radius 1 is 1.09 bits per heavy atom. The van der Waals surface area contributed by atoms with Gasteiger partial charge >= 0.3 is 0 Å². The Bertz CT molecular complexity index is 1290. The molecule has 6 N–H and O–H groups in total. The molecule has 0 aliphatic heterocycles. The molecule has 4 aromatic rings. The number of hydrogen-bond acceptors (Lipinski definition) is 7. The van der Waals surface area contributed by atoms with Crippen LogP contribution >= 0.6 is 0 Å². The zero-order chi connectivity index (χ0) is 24.5. The minimum absolute atomic E-state index is 0.0447. The highest BCUT2D eigenvalue weighted by atomic mass is 19.1. The first-order valence-corrected chi connectivity index (χ1v) is 11.4. The molecule has 1 saturated carbocycles. The van der Waals surface area contributed by atoms with Crippen LogP contribution in [-0.4, -0.2) is 35.5 Å². The predicted molar refractivity (Wildman–Crippen MR) is 131 cm³/mol. The van der Waals surface area contributed by atoms with Crippen molar-refractivity contribution in [2.75, 3.05) is 11.5 Å². The van der Waals surface area contributed by atoms with Crippen molar-refractivity contribution < 1.29 is 14.6 Å². The second-order valence-corrected chi connectivity index (χ2v) is 9.47. The Morgan fingerprint density at radius 2 is 1.85 bits per heavy atom. The third kappa shape index (κ3) is 5.60. The van der Waals surface area contributed by atoms with Crippen LogP contribution in [0.15, 0.2) is 42.9 Å². The van der Waals surface area contributed by atoms with Gasteiger partial charge in [-0.15, -0.1) is 0 Å². The van der Waals surface area contributed by atoms with E-state index in [4.69, 9.17) is 21.7 Å². The zero-order valence-corrected chi connectivity index (χ0v) is 19.4. The Labute approximate surface area is 197 Å². The average molecular weight is 467 g/mol. The number of aromatic nitrogens is 4. The average Bonchev–Trinajstić information content (AvgIpc) is 3.39. The maximum Gasteiger partial charge on any atom is 0.165 e. The molecule has 1 aliphatic carbocycles. The van der Waals surface area contributed by atoms with Crippen molar-refractivity contribution in [1.82, 2.24) is 19.5 Å². The Balaban J connectivity index is 0.000000499. The molecule has 1 fully saturated rings. The SMILES string of the molecule is CC(C)(O)O.Nc1nc2cc(CCC3CCC(n4ccc5c(N)ncnc54)C3)ccc2cc1F. The monoisotopic (exact) mass is 466 g/mol. The molecule has 9 heteroatoms. The number of halogens is 1. The van der Waals surface area contributed by atoms with Crippen LogP contribution in [0.4, 0.5) is 16.0 Å². The summed E-state index contributed by atoms with van der Waals surface area (Å²) in [7, 11) is 0. The summed E-state index contributed by atoms with van der Waals surface area (Å²) in [5.41, 5.74) is 14.5. The topological polar surface area (TPSA) is 136 Å². The fourth-order valence-electron chi connectivity index (χ4n) is 4.58. The van der Waals surface area contributed by atoms with Crippen LogP contribution in [0.5, 0.6) is 0 Å². The van der Waals surface area contributed by atoms with Crippen LogP contribution in [0.2, 0.25) is 0 Å². The summed E-state index contributed by atoms with van der Waals surface area (Å²) in [4.78, 5) is 12.7. The fourth-order valence-corrected chi connectivity index (χ4v) is 4.58. The minimum Gasteiger partial charge on any atom is -0.383 e. The Kier molecular flexibility index (Phi) is 6.67. The van der Waals surface area contributed by atoms with E-state index < -0.39 is 11.6 Å². The van der Waals surface area contributed by atoms with Crippen molar-refractivity contribution in [3.05, 3.63) is 54.2 Å². The van der Waals surface area contributed by atoms with Gasteiger partial charge in [-0.05, 0) is 75.6 Å². The van der Waals surface area contributed by atoms with Gasteiger partial charge in [0.15, 0.2) is 17.4 Å². The second kappa shape index (κ2) is 9.52. The first-order chi connectivity index (χ1) is 16.1. The van der Waals surface area contributed by atoms with Gasteiger partial charge in [-0.3, -0.25) is 0 Å². The van der Waals surface area contributed by atoms with E-state index in [1.54, 1.807) is 0 Å². The molecule has 1 aromatic carbocycles. The molecular formula is C25H31FN6O2. The number of nitrogen functional groups attached to an aromatic ring is 2. The van der Waals surface area contributed by atoms with Crippen molar-refractivity contribution in [3.8, 4) is 0 Å². The number of nitrogens with zero attached hydrogens (tertiary/aromatic N) is 4. The summed E-state index contributed by atoms with van der Waals surface area (Å²) in [6.45, 7) is 2.60. The lowest BCUT2D eigenvalue weighted by atomic mass is 9.97. The normalized spacial score (nSPS) is 18.3. The summed E-state index contributed by atoms with van der Waals surface area (Å²) in [5, 5.41) is 17.9. The van der Waals surface area contributed by atoms with E-state index in [0.29, 0.717) is 17.8 Å². The molecule has 0 radical (unpaired) electrons. The van der Waals surface area contributed by atoms with Gasteiger partial charge in [0.2, 0.25) is 0 Å². The molecule has 8 nitrogen and oxygen atoms in total. The van der Waals surface area contributed by atoms with Crippen molar-refractivity contribution in [2.45, 2.75) is 57.8 Å². The highest BCUT2D eigenvalue weighted by Gasteiger charge is 2.27. The molecule has 180 valence electrons. The maximum absolute atomic E-state index is 13.6. The van der Waals surface area contributed by atoms with Crippen LogP contribution in [0.1, 0.15) is 51.1 Å². The zero-order valence-electron chi connectivity index (χ0n) is 19.4. The number of hydrogen-bond donors (Lipinski definition) is 4. The standard InChI is InChI=1S/C22H23FN6.C3H8O2/c23-18-11-15-5-3-14(10-19(15)28-21(18)25)2-1-13-4-6-16(9-13)29-8-7-17-20(24)26-12-27-22(17)29;1-3(2,4)5/h3,5,7-8,10-13,16H,1-2,4,6,9H2,(H2,25,28)(H2,24,26,27);4-5H,1-2H3. The van der Waals surface area contributed by atoms with E-state index in [-0.39, 0.29) is 5.82 Å². The number of pyridine rings is 1. The number of aliphatic hydroxyl groups is 2. The summed E-state index contributed by atoms with van der Waals surface area (Å²) < 4.78 is 15.8. The number of benzene rings is 1. The maximum atomic E-state index is 13.6. The Hall–Kier alpha value is -3.30. The quantitative estimate of drug-likeness (QED) is 0.334. The van der Waals surface area contributed by atoms with Gasteiger partial charge in [0.1, 0.15) is 17.8 Å². The van der Waals surface area contributed by atoms with Crippen molar-refractivity contribution in [3.63, 3.8) is 0 Å². The van der Waals surface area contributed by atoms with Crippen molar-refractivity contribution in [2.24, 2.45) is 5.92 Å². The van der Waals surface area contributed by atoms with Crippen LogP contribution in [0, 0.1) is 11.7 Å². The molecule has 0 spiro atoms. The summed E-state index contributed by atoms with van der Waals surface area (Å²) in [6.07, 6.45) is 9.21. The molecule has 34 heavy (non-hydrogen) atoms. The van der Waals surface area contributed by atoms with Gasteiger partial charge in [-0.1, -0.05) is 12.1 Å². The molecule has 1 aliphatic rings. The van der Waals surface area contributed by atoms with Crippen LogP contribution in [0.25, 0.3) is 21.9 Å². The van der Waals surface area contributed by atoms with E-state index in [2.05, 4.69) is 31.8 Å². The van der Waals surface area contributed by atoms with Crippen LogP contribution < -0.4 is 11.5 Å². The first kappa shape index (κ1) is 23.8. The van der Waals surface area contributed by atoms with E-state index in [1.807, 2.05) is 18.2 Å². The van der Waals surface area contributed by atoms with E-state index in [1.165, 1.54) is 38.2 Å². The van der Waals surface area contributed by atoms with E-state index in [0.717, 1.165) is 47.6 Å².